The highest BCUT2D eigenvalue weighted by molar-refractivity contribution is 6.29. The quantitative estimate of drug-likeness (QED) is 0.743. The molecular formula is C9H11ClN4O. The largest absolute Gasteiger partial charge is 0.369 e. The Balaban J connectivity index is 2.11. The van der Waals surface area contributed by atoms with E-state index in [1.807, 2.05) is 4.90 Å². The zero-order valence-electron chi connectivity index (χ0n) is 8.06. The molecule has 1 aromatic rings. The summed E-state index contributed by atoms with van der Waals surface area (Å²) in [4.78, 5) is 20.9. The van der Waals surface area contributed by atoms with E-state index in [0.717, 1.165) is 18.8 Å². The van der Waals surface area contributed by atoms with Gasteiger partial charge in [0.15, 0.2) is 0 Å². The van der Waals surface area contributed by atoms with Crippen molar-refractivity contribution in [3.63, 3.8) is 0 Å². The minimum atomic E-state index is -0.252. The van der Waals surface area contributed by atoms with E-state index in [1.54, 1.807) is 6.07 Å². The van der Waals surface area contributed by atoms with Crippen molar-refractivity contribution in [3.05, 3.63) is 17.5 Å². The minimum Gasteiger partial charge on any atom is -0.369 e. The van der Waals surface area contributed by atoms with Crippen LogP contribution in [0.2, 0.25) is 5.15 Å². The molecule has 1 fully saturated rings. The minimum absolute atomic E-state index is 0.0845. The summed E-state index contributed by atoms with van der Waals surface area (Å²) in [5.74, 6) is 0.412. The van der Waals surface area contributed by atoms with E-state index in [4.69, 9.17) is 17.3 Å². The van der Waals surface area contributed by atoms with Gasteiger partial charge in [-0.2, -0.15) is 0 Å². The highest BCUT2D eigenvalue weighted by Crippen LogP contribution is 2.22. The molecule has 0 radical (unpaired) electrons. The molecule has 0 saturated carbocycles. The summed E-state index contributed by atoms with van der Waals surface area (Å²) in [5, 5.41) is 0.405. The number of carbonyl (C=O) groups is 1. The van der Waals surface area contributed by atoms with Crippen LogP contribution in [0.3, 0.4) is 0 Å². The Labute approximate surface area is 92.3 Å². The highest BCUT2D eigenvalue weighted by Gasteiger charge is 2.27. The van der Waals surface area contributed by atoms with Crippen LogP contribution >= 0.6 is 11.6 Å². The highest BCUT2D eigenvalue weighted by atomic mass is 35.5. The van der Waals surface area contributed by atoms with Gasteiger partial charge in [0.25, 0.3) is 0 Å². The summed E-state index contributed by atoms with van der Waals surface area (Å²) in [6, 6.07) is 1.69. The topological polar surface area (TPSA) is 72.1 Å². The number of aromatic nitrogens is 2. The molecule has 15 heavy (non-hydrogen) atoms. The number of carbonyl (C=O) groups excluding carboxylic acids is 1. The molecule has 0 aromatic carbocycles. The third kappa shape index (κ3) is 2.18. The number of primary amides is 1. The van der Waals surface area contributed by atoms with Gasteiger partial charge in [-0.3, -0.25) is 4.79 Å². The van der Waals surface area contributed by atoms with Gasteiger partial charge in [0, 0.05) is 19.2 Å². The van der Waals surface area contributed by atoms with Crippen LogP contribution < -0.4 is 10.6 Å². The van der Waals surface area contributed by atoms with Gasteiger partial charge in [-0.05, 0) is 6.42 Å². The molecule has 6 heteroatoms. The van der Waals surface area contributed by atoms with E-state index < -0.39 is 0 Å². The fourth-order valence-electron chi connectivity index (χ4n) is 1.70. The Hall–Kier alpha value is -1.36. The third-order valence-corrected chi connectivity index (χ3v) is 2.74. The lowest BCUT2D eigenvalue weighted by Crippen LogP contribution is -2.27. The van der Waals surface area contributed by atoms with Gasteiger partial charge in [0.1, 0.15) is 17.3 Å². The third-order valence-electron chi connectivity index (χ3n) is 2.53. The van der Waals surface area contributed by atoms with Crippen molar-refractivity contribution < 1.29 is 4.79 Å². The van der Waals surface area contributed by atoms with Gasteiger partial charge < -0.3 is 10.6 Å². The molecule has 1 aliphatic heterocycles. The van der Waals surface area contributed by atoms with Crippen molar-refractivity contribution in [2.24, 2.45) is 11.7 Å². The second kappa shape index (κ2) is 4.02. The summed E-state index contributed by atoms with van der Waals surface area (Å²) in [7, 11) is 0. The van der Waals surface area contributed by atoms with E-state index >= 15 is 0 Å². The van der Waals surface area contributed by atoms with Crippen molar-refractivity contribution in [2.45, 2.75) is 6.42 Å². The number of nitrogens with zero attached hydrogens (tertiary/aromatic N) is 3. The lowest BCUT2D eigenvalue weighted by atomic mass is 10.1. The lowest BCUT2D eigenvalue weighted by molar-refractivity contribution is -0.121. The van der Waals surface area contributed by atoms with E-state index in [0.29, 0.717) is 11.7 Å². The number of nitrogens with two attached hydrogens (primary N) is 1. The average Bonchev–Trinajstić information content (AvgIpc) is 2.66. The Morgan fingerprint density at radius 2 is 2.40 bits per heavy atom. The van der Waals surface area contributed by atoms with Gasteiger partial charge >= 0.3 is 0 Å². The Kier molecular flexibility index (Phi) is 2.73. The molecule has 2 rings (SSSR count). The molecule has 1 aromatic heterocycles. The molecule has 5 nitrogen and oxygen atoms in total. The maximum Gasteiger partial charge on any atom is 0.222 e. The van der Waals surface area contributed by atoms with Gasteiger partial charge in [-0.1, -0.05) is 11.6 Å². The summed E-state index contributed by atoms with van der Waals surface area (Å²) >= 11 is 5.75. The lowest BCUT2D eigenvalue weighted by Gasteiger charge is -2.16. The van der Waals surface area contributed by atoms with Crippen LogP contribution in [0, 0.1) is 5.92 Å². The summed E-state index contributed by atoms with van der Waals surface area (Å²) in [5.41, 5.74) is 5.24. The molecular weight excluding hydrogens is 216 g/mol. The van der Waals surface area contributed by atoms with Gasteiger partial charge in [-0.15, -0.1) is 0 Å². The SMILES string of the molecule is NC(=O)C1CCN(c2cc(Cl)ncn2)C1. The van der Waals surface area contributed by atoms with Gasteiger partial charge in [-0.25, -0.2) is 9.97 Å². The normalized spacial score (nSPS) is 20.6. The monoisotopic (exact) mass is 226 g/mol. The molecule has 0 aliphatic carbocycles. The number of anilines is 1. The van der Waals surface area contributed by atoms with Crippen molar-refractivity contribution in [1.29, 1.82) is 0 Å². The summed E-state index contributed by atoms with van der Waals surface area (Å²) < 4.78 is 0. The van der Waals surface area contributed by atoms with Crippen molar-refractivity contribution in [1.82, 2.24) is 9.97 Å². The first-order valence-electron chi connectivity index (χ1n) is 4.68. The van der Waals surface area contributed by atoms with Crippen LogP contribution in [0.15, 0.2) is 12.4 Å². The van der Waals surface area contributed by atoms with Crippen LogP contribution in [0.1, 0.15) is 6.42 Å². The molecule has 1 amide bonds. The standard InChI is InChI=1S/C9H11ClN4O/c10-7-3-8(13-5-12-7)14-2-1-6(4-14)9(11)15/h3,5-6H,1-2,4H2,(H2,11,15). The summed E-state index contributed by atoms with van der Waals surface area (Å²) in [6.07, 6.45) is 2.19. The van der Waals surface area contributed by atoms with E-state index in [9.17, 15) is 4.79 Å². The molecule has 2 heterocycles. The Morgan fingerprint density at radius 1 is 1.60 bits per heavy atom. The van der Waals surface area contributed by atoms with Crippen LogP contribution in [0.5, 0.6) is 0 Å². The molecule has 80 valence electrons. The number of hydrogen-bond donors (Lipinski definition) is 1. The smallest absolute Gasteiger partial charge is 0.222 e. The van der Waals surface area contributed by atoms with Crippen LogP contribution in [0.4, 0.5) is 5.82 Å². The molecule has 1 unspecified atom stereocenters. The van der Waals surface area contributed by atoms with Gasteiger partial charge in [0.2, 0.25) is 5.91 Å². The predicted octanol–water partition coefficient (Wildman–Crippen LogP) is 0.442. The van der Waals surface area contributed by atoms with E-state index in [1.165, 1.54) is 6.33 Å². The van der Waals surface area contributed by atoms with Crippen molar-refractivity contribution in [2.75, 3.05) is 18.0 Å². The zero-order chi connectivity index (χ0) is 10.8. The van der Waals surface area contributed by atoms with Crippen molar-refractivity contribution >= 4 is 23.3 Å². The molecule has 1 saturated heterocycles. The fraction of sp³-hybridized carbons (Fsp3) is 0.444. The second-order valence-corrected chi connectivity index (χ2v) is 3.92. The molecule has 0 spiro atoms. The van der Waals surface area contributed by atoms with Crippen LogP contribution in [-0.2, 0) is 4.79 Å². The van der Waals surface area contributed by atoms with E-state index in [-0.39, 0.29) is 11.8 Å². The predicted molar refractivity (Wildman–Crippen MR) is 56.6 cm³/mol. The first-order valence-corrected chi connectivity index (χ1v) is 5.06. The Morgan fingerprint density at radius 3 is 3.00 bits per heavy atom. The molecule has 0 bridgehead atoms. The number of halogens is 1. The number of hydrogen-bond acceptors (Lipinski definition) is 4. The number of rotatable bonds is 2. The summed E-state index contributed by atoms with van der Waals surface area (Å²) in [6.45, 7) is 1.39. The average molecular weight is 227 g/mol. The zero-order valence-corrected chi connectivity index (χ0v) is 8.81. The second-order valence-electron chi connectivity index (χ2n) is 3.53. The van der Waals surface area contributed by atoms with Gasteiger partial charge in [0.05, 0.1) is 5.92 Å². The van der Waals surface area contributed by atoms with Crippen LogP contribution in [-0.4, -0.2) is 29.0 Å². The maximum atomic E-state index is 11.0. The fourth-order valence-corrected chi connectivity index (χ4v) is 1.84. The number of amides is 1. The van der Waals surface area contributed by atoms with Crippen LogP contribution in [0.25, 0.3) is 0 Å². The first kappa shape index (κ1) is 10.2. The molecule has 2 N–H and O–H groups in total. The maximum absolute atomic E-state index is 11.0. The molecule has 1 aliphatic rings. The molecule has 1 atom stereocenters. The van der Waals surface area contributed by atoms with Crippen molar-refractivity contribution in [3.8, 4) is 0 Å². The first-order chi connectivity index (χ1) is 7.16. The Bertz CT molecular complexity index is 384. The van der Waals surface area contributed by atoms with E-state index in [2.05, 4.69) is 9.97 Å².